The number of carbonyl (C=O) groups excluding carboxylic acids is 1. The largest absolute Gasteiger partial charge is 0.460 e. The van der Waals surface area contributed by atoms with Gasteiger partial charge in [0.25, 0.3) is 11.6 Å². The van der Waals surface area contributed by atoms with E-state index in [9.17, 15) is 50.0 Å². The van der Waals surface area contributed by atoms with E-state index >= 15 is 0 Å². The molecule has 20 heteroatoms. The van der Waals surface area contributed by atoms with Crippen LogP contribution in [0.3, 0.4) is 0 Å². The summed E-state index contributed by atoms with van der Waals surface area (Å²) in [6.45, 7) is 2.19. The fourth-order valence-corrected chi connectivity index (χ4v) is 4.30. The maximum atomic E-state index is 14.5. The van der Waals surface area contributed by atoms with Crippen molar-refractivity contribution >= 4 is 29.2 Å². The van der Waals surface area contributed by atoms with E-state index in [1.165, 1.54) is 11.8 Å². The summed E-state index contributed by atoms with van der Waals surface area (Å²) in [4.78, 5) is 26.5. The highest BCUT2D eigenvalue weighted by molar-refractivity contribution is 7.99. The van der Waals surface area contributed by atoms with Gasteiger partial charge in [-0.1, -0.05) is 6.92 Å². The number of hydrogen-bond donors (Lipinski definition) is 1. The molecule has 0 bridgehead atoms. The Morgan fingerprint density at radius 3 is 2.45 bits per heavy atom. The molecule has 3 aromatic rings. The number of alkyl halides is 7. The molecule has 0 spiro atoms. The lowest BCUT2D eigenvalue weighted by Gasteiger charge is -2.28. The predicted molar refractivity (Wildman–Crippen MR) is 128 cm³/mol. The van der Waals surface area contributed by atoms with Crippen LogP contribution in [0.2, 0.25) is 0 Å². The third-order valence-electron chi connectivity index (χ3n) is 5.76. The van der Waals surface area contributed by atoms with Crippen LogP contribution in [0.25, 0.3) is 0 Å². The zero-order chi connectivity index (χ0) is 31.5. The molecule has 0 aliphatic rings. The first-order chi connectivity index (χ1) is 19.5. The quantitative estimate of drug-likeness (QED) is 0.154. The molecular weight excluding hydrogens is 610 g/mol. The molecule has 0 saturated heterocycles. The van der Waals surface area contributed by atoms with Crippen LogP contribution in [0.15, 0.2) is 40.5 Å². The van der Waals surface area contributed by atoms with Crippen molar-refractivity contribution in [2.45, 2.75) is 60.5 Å². The van der Waals surface area contributed by atoms with E-state index in [1.807, 2.05) is 12.2 Å². The number of hydrogen-bond acceptors (Lipinski definition) is 9. The fraction of sp³-hybridized carbons (Fsp3) is 0.409. The number of rotatable bonds is 12. The minimum atomic E-state index is -6.67. The van der Waals surface area contributed by atoms with Gasteiger partial charge in [-0.15, -0.1) is 5.10 Å². The molecule has 42 heavy (non-hydrogen) atoms. The van der Waals surface area contributed by atoms with Crippen LogP contribution in [0.1, 0.15) is 35.7 Å². The minimum Gasteiger partial charge on any atom is -0.381 e. The zero-order valence-electron chi connectivity index (χ0n) is 21.3. The van der Waals surface area contributed by atoms with Crippen molar-refractivity contribution in [1.82, 2.24) is 25.2 Å². The smallest absolute Gasteiger partial charge is 0.381 e. The second-order valence-electron chi connectivity index (χ2n) is 8.43. The first-order valence-corrected chi connectivity index (χ1v) is 12.4. The first kappa shape index (κ1) is 32.6. The van der Waals surface area contributed by atoms with E-state index in [-0.39, 0.29) is 35.0 Å². The van der Waals surface area contributed by atoms with Crippen LogP contribution in [-0.4, -0.2) is 61.3 Å². The molecule has 0 radical (unpaired) electrons. The van der Waals surface area contributed by atoms with Crippen LogP contribution in [-0.2, 0) is 17.2 Å². The van der Waals surface area contributed by atoms with Gasteiger partial charge in [0.15, 0.2) is 11.6 Å². The number of carbonyl (C=O) groups is 1. The Morgan fingerprint density at radius 1 is 1.19 bits per heavy atom. The van der Waals surface area contributed by atoms with Crippen molar-refractivity contribution in [3.8, 4) is 0 Å². The monoisotopic (exact) mass is 629 g/mol. The number of nitro groups is 1. The molecule has 11 nitrogen and oxygen atoms in total. The average molecular weight is 629 g/mol. The van der Waals surface area contributed by atoms with Crippen molar-refractivity contribution in [1.29, 1.82) is 0 Å². The number of non-ortho nitro benzene ring substituents is 1. The van der Waals surface area contributed by atoms with Gasteiger partial charge in [-0.3, -0.25) is 14.9 Å². The Balaban J connectivity index is 1.91. The van der Waals surface area contributed by atoms with E-state index < -0.39 is 57.3 Å². The van der Waals surface area contributed by atoms with Gasteiger partial charge in [0.1, 0.15) is 0 Å². The summed E-state index contributed by atoms with van der Waals surface area (Å²) < 4.78 is 113. The number of aryl methyl sites for hydroxylation is 1. The van der Waals surface area contributed by atoms with Gasteiger partial charge in [-0.05, 0) is 47.2 Å². The molecule has 1 aromatic carbocycles. The van der Waals surface area contributed by atoms with Crippen molar-refractivity contribution in [2.75, 3.05) is 12.4 Å². The van der Waals surface area contributed by atoms with Crippen LogP contribution in [0.5, 0.6) is 0 Å². The second-order valence-corrected chi connectivity index (χ2v) is 9.44. The van der Waals surface area contributed by atoms with E-state index in [0.29, 0.717) is 12.8 Å². The molecular formula is C22H19F8N7O4S. The highest BCUT2D eigenvalue weighted by atomic mass is 32.2. The van der Waals surface area contributed by atoms with Crippen LogP contribution in [0.4, 0.5) is 46.6 Å². The lowest BCUT2D eigenvalue weighted by molar-refractivity contribution is -0.384. The molecule has 1 amide bonds. The molecule has 1 unspecified atom stereocenters. The fourth-order valence-electron chi connectivity index (χ4n) is 3.40. The van der Waals surface area contributed by atoms with Crippen molar-refractivity contribution < 1.29 is 49.6 Å². The van der Waals surface area contributed by atoms with E-state index in [2.05, 4.69) is 20.5 Å². The molecule has 228 valence electrons. The predicted octanol–water partition coefficient (Wildman–Crippen LogP) is 5.62. The van der Waals surface area contributed by atoms with Gasteiger partial charge >= 0.3 is 18.0 Å². The van der Waals surface area contributed by atoms with E-state index in [0.717, 1.165) is 30.0 Å². The lowest BCUT2D eigenvalue weighted by Crippen LogP contribution is -2.50. The SMILES string of the molecule is CCC(CCn1nnnc1Sc1ccc([N+](=O)[O-])cc1C(=O)Nc1ncc(C(F)(F)C(F)(F)C(F)(F)F)cc1F)OC. The summed E-state index contributed by atoms with van der Waals surface area (Å²) in [6, 6.07) is 2.66. The number of nitrogens with one attached hydrogen (secondary N) is 1. The molecule has 0 aliphatic carbocycles. The number of nitro benzene ring substituents is 1. The summed E-state index contributed by atoms with van der Waals surface area (Å²) in [5.41, 5.74) is -3.14. The number of nitrogens with zero attached hydrogens (tertiary/aromatic N) is 6. The Labute approximate surface area is 234 Å². The Kier molecular flexibility index (Phi) is 9.70. The number of methoxy groups -OCH3 is 1. The molecule has 0 aliphatic heterocycles. The third kappa shape index (κ3) is 6.75. The van der Waals surface area contributed by atoms with Crippen LogP contribution in [0, 0.1) is 15.9 Å². The summed E-state index contributed by atoms with van der Waals surface area (Å²) in [7, 11) is 1.53. The molecule has 2 aromatic heterocycles. The molecule has 0 fully saturated rings. The van der Waals surface area contributed by atoms with Gasteiger partial charge in [-0.2, -0.15) is 30.7 Å². The number of aromatic nitrogens is 5. The Hall–Kier alpha value is -3.94. The van der Waals surface area contributed by atoms with Crippen molar-refractivity contribution in [3.05, 3.63) is 57.5 Å². The maximum Gasteiger partial charge on any atom is 0.460 e. The first-order valence-electron chi connectivity index (χ1n) is 11.6. The summed E-state index contributed by atoms with van der Waals surface area (Å²) in [6.07, 6.45) is -5.74. The second kappa shape index (κ2) is 12.5. The molecule has 1 N–H and O–H groups in total. The number of benzene rings is 1. The van der Waals surface area contributed by atoms with Gasteiger partial charge in [0.05, 0.1) is 16.6 Å². The molecule has 1 atom stereocenters. The van der Waals surface area contributed by atoms with Crippen molar-refractivity contribution in [2.24, 2.45) is 0 Å². The summed E-state index contributed by atoms with van der Waals surface area (Å²) >= 11 is 0.788. The number of amides is 1. The van der Waals surface area contributed by atoms with E-state index in [1.54, 1.807) is 0 Å². The number of tetrazole rings is 1. The maximum absolute atomic E-state index is 14.5. The van der Waals surface area contributed by atoms with Crippen molar-refractivity contribution in [3.63, 3.8) is 0 Å². The Morgan fingerprint density at radius 2 is 1.88 bits per heavy atom. The standard InChI is InChI=1S/C22H19F8N7O4S/c1-3-13(41-2)6-7-36-19(33-34-35-36)42-16-5-4-12(37(39)40)9-14(16)18(38)32-17-15(23)8-11(10-31-17)20(24,25)21(26,27)22(28,29)30/h4-5,8-10,13H,3,6-7H2,1-2H3,(H,31,32,38). The molecule has 0 saturated carbocycles. The van der Waals surface area contributed by atoms with E-state index in [4.69, 9.17) is 4.74 Å². The molecule has 2 heterocycles. The number of halogens is 8. The Bertz CT molecular complexity index is 1450. The molecule has 3 rings (SSSR count). The summed E-state index contributed by atoms with van der Waals surface area (Å²) in [5, 5.41) is 24.5. The van der Waals surface area contributed by atoms with Gasteiger partial charge in [0.2, 0.25) is 5.16 Å². The number of pyridine rings is 1. The summed E-state index contributed by atoms with van der Waals surface area (Å²) in [5.74, 6) is -16.8. The lowest BCUT2D eigenvalue weighted by atomic mass is 10.0. The average Bonchev–Trinajstić information content (AvgIpc) is 3.36. The van der Waals surface area contributed by atoms with Gasteiger partial charge < -0.3 is 10.1 Å². The minimum absolute atomic E-state index is 0.0151. The zero-order valence-corrected chi connectivity index (χ0v) is 22.2. The van der Waals surface area contributed by atoms with Gasteiger partial charge in [-0.25, -0.2) is 14.1 Å². The highest BCUT2D eigenvalue weighted by Gasteiger charge is 2.73. The topological polar surface area (TPSA) is 138 Å². The van der Waals surface area contributed by atoms with Gasteiger partial charge in [0, 0.05) is 42.4 Å². The normalized spacial score (nSPS) is 13.2. The van der Waals surface area contributed by atoms with Crippen LogP contribution < -0.4 is 5.32 Å². The number of ether oxygens (including phenoxy) is 1. The number of anilines is 1. The highest BCUT2D eigenvalue weighted by Crippen LogP contribution is 2.51. The third-order valence-corrected chi connectivity index (χ3v) is 6.81. The van der Waals surface area contributed by atoms with Crippen LogP contribution >= 0.6 is 11.8 Å².